The Kier molecular flexibility index (Phi) is 4.76. The van der Waals surface area contributed by atoms with Crippen LogP contribution in [0.2, 0.25) is 0 Å². The van der Waals surface area contributed by atoms with Crippen molar-refractivity contribution in [3.8, 4) is 5.75 Å². The number of methoxy groups -OCH3 is 1. The molecular formula is C22H19N3O3. The highest BCUT2D eigenvalue weighted by Gasteiger charge is 2.25. The van der Waals surface area contributed by atoms with Crippen LogP contribution < -0.4 is 15.0 Å². The first-order valence-electron chi connectivity index (χ1n) is 8.96. The molecular weight excluding hydrogens is 354 g/mol. The van der Waals surface area contributed by atoms with Crippen LogP contribution in [0.25, 0.3) is 0 Å². The van der Waals surface area contributed by atoms with Crippen LogP contribution in [-0.2, 0) is 6.42 Å². The number of carbonyl (C=O) groups excluding carboxylic acids is 2. The third kappa shape index (κ3) is 3.44. The SMILES string of the molecule is COc1cccc(NC(=O)c2cncc(C(=O)N3CCc4ccccc43)c2)c1. The second-order valence-corrected chi connectivity index (χ2v) is 6.48. The highest BCUT2D eigenvalue weighted by molar-refractivity contribution is 6.10. The lowest BCUT2D eigenvalue weighted by atomic mass is 10.1. The largest absolute Gasteiger partial charge is 0.497 e. The van der Waals surface area contributed by atoms with Crippen LogP contribution in [0.4, 0.5) is 11.4 Å². The zero-order chi connectivity index (χ0) is 19.5. The molecule has 0 radical (unpaired) electrons. The van der Waals surface area contributed by atoms with Crippen molar-refractivity contribution < 1.29 is 14.3 Å². The van der Waals surface area contributed by atoms with E-state index in [0.29, 0.717) is 29.1 Å². The molecule has 6 nitrogen and oxygen atoms in total. The summed E-state index contributed by atoms with van der Waals surface area (Å²) < 4.78 is 5.16. The third-order valence-electron chi connectivity index (χ3n) is 4.71. The van der Waals surface area contributed by atoms with Crippen LogP contribution in [0.15, 0.2) is 67.0 Å². The van der Waals surface area contributed by atoms with Gasteiger partial charge in [-0.05, 0) is 36.2 Å². The first kappa shape index (κ1) is 17.7. The molecule has 1 aliphatic heterocycles. The zero-order valence-corrected chi connectivity index (χ0v) is 15.4. The van der Waals surface area contributed by atoms with Crippen molar-refractivity contribution in [3.63, 3.8) is 0 Å². The lowest BCUT2D eigenvalue weighted by molar-refractivity contribution is 0.0989. The zero-order valence-electron chi connectivity index (χ0n) is 15.4. The number of aromatic nitrogens is 1. The molecule has 0 saturated carbocycles. The van der Waals surface area contributed by atoms with Gasteiger partial charge in [-0.3, -0.25) is 14.6 Å². The van der Waals surface area contributed by atoms with Gasteiger partial charge in [-0.25, -0.2) is 0 Å². The van der Waals surface area contributed by atoms with Gasteiger partial charge in [0.15, 0.2) is 0 Å². The monoisotopic (exact) mass is 373 g/mol. The molecule has 2 aromatic carbocycles. The summed E-state index contributed by atoms with van der Waals surface area (Å²) in [7, 11) is 1.57. The molecule has 0 saturated heterocycles. The molecule has 2 amide bonds. The van der Waals surface area contributed by atoms with E-state index in [-0.39, 0.29) is 11.8 Å². The van der Waals surface area contributed by atoms with E-state index in [0.717, 1.165) is 17.7 Å². The molecule has 3 aromatic rings. The van der Waals surface area contributed by atoms with Gasteiger partial charge in [-0.15, -0.1) is 0 Å². The van der Waals surface area contributed by atoms with Crippen LogP contribution >= 0.6 is 0 Å². The maximum Gasteiger partial charge on any atom is 0.259 e. The molecule has 6 heteroatoms. The summed E-state index contributed by atoms with van der Waals surface area (Å²) in [5, 5.41) is 2.80. The third-order valence-corrected chi connectivity index (χ3v) is 4.71. The minimum atomic E-state index is -0.336. The number of benzene rings is 2. The maximum atomic E-state index is 13.0. The Morgan fingerprint density at radius 2 is 1.86 bits per heavy atom. The minimum Gasteiger partial charge on any atom is -0.497 e. The van der Waals surface area contributed by atoms with Crippen LogP contribution in [-0.4, -0.2) is 30.5 Å². The normalized spacial score (nSPS) is 12.4. The first-order chi connectivity index (χ1) is 13.7. The van der Waals surface area contributed by atoms with Crippen molar-refractivity contribution in [1.29, 1.82) is 0 Å². The number of amides is 2. The number of nitrogens with zero attached hydrogens (tertiary/aromatic N) is 2. The Balaban J connectivity index is 1.54. The average Bonchev–Trinajstić information content (AvgIpc) is 3.17. The molecule has 0 aliphatic carbocycles. The average molecular weight is 373 g/mol. The van der Waals surface area contributed by atoms with Gasteiger partial charge in [0.05, 0.1) is 18.2 Å². The van der Waals surface area contributed by atoms with Crippen molar-refractivity contribution in [1.82, 2.24) is 4.98 Å². The van der Waals surface area contributed by atoms with Crippen molar-refractivity contribution >= 4 is 23.2 Å². The molecule has 4 rings (SSSR count). The van der Waals surface area contributed by atoms with Crippen LogP contribution in [0.5, 0.6) is 5.75 Å². The summed E-state index contributed by atoms with van der Waals surface area (Å²) in [6.07, 6.45) is 3.77. The van der Waals surface area contributed by atoms with Gasteiger partial charge in [0.1, 0.15) is 5.75 Å². The van der Waals surface area contributed by atoms with E-state index in [1.807, 2.05) is 24.3 Å². The molecule has 0 atom stereocenters. The van der Waals surface area contributed by atoms with Crippen molar-refractivity contribution in [2.24, 2.45) is 0 Å². The number of hydrogen-bond donors (Lipinski definition) is 1. The molecule has 1 N–H and O–H groups in total. The molecule has 0 spiro atoms. The molecule has 140 valence electrons. The van der Waals surface area contributed by atoms with E-state index in [1.165, 1.54) is 12.4 Å². The van der Waals surface area contributed by atoms with Gasteiger partial charge in [0.25, 0.3) is 11.8 Å². The Hall–Kier alpha value is -3.67. The number of ether oxygens (including phenoxy) is 1. The lowest BCUT2D eigenvalue weighted by Crippen LogP contribution is -2.29. The summed E-state index contributed by atoms with van der Waals surface area (Å²) in [6.45, 7) is 0.623. The number of para-hydroxylation sites is 1. The number of rotatable bonds is 4. The summed E-state index contributed by atoms with van der Waals surface area (Å²) >= 11 is 0. The van der Waals surface area contributed by atoms with Crippen molar-refractivity contribution in [3.05, 3.63) is 83.7 Å². The summed E-state index contributed by atoms with van der Waals surface area (Å²) in [4.78, 5) is 31.4. The molecule has 28 heavy (non-hydrogen) atoms. The second-order valence-electron chi connectivity index (χ2n) is 6.48. The summed E-state index contributed by atoms with van der Waals surface area (Å²) in [5.74, 6) is 0.151. The Labute approximate surface area is 162 Å². The predicted octanol–water partition coefficient (Wildman–Crippen LogP) is 3.55. The van der Waals surface area contributed by atoms with E-state index < -0.39 is 0 Å². The van der Waals surface area contributed by atoms with Gasteiger partial charge in [-0.1, -0.05) is 24.3 Å². The maximum absolute atomic E-state index is 13.0. The highest BCUT2D eigenvalue weighted by atomic mass is 16.5. The van der Waals surface area contributed by atoms with Crippen molar-refractivity contribution in [2.75, 3.05) is 23.9 Å². The van der Waals surface area contributed by atoms with Crippen LogP contribution in [0.3, 0.4) is 0 Å². The predicted molar refractivity (Wildman–Crippen MR) is 107 cm³/mol. The summed E-state index contributed by atoms with van der Waals surface area (Å²) in [5.41, 5.74) is 3.38. The second kappa shape index (κ2) is 7.52. The minimum absolute atomic E-state index is 0.159. The Bertz CT molecular complexity index is 1050. The van der Waals surface area contributed by atoms with Crippen LogP contribution in [0, 0.1) is 0 Å². The number of fused-ring (bicyclic) bond motifs is 1. The smallest absolute Gasteiger partial charge is 0.259 e. The topological polar surface area (TPSA) is 71.5 Å². The Morgan fingerprint density at radius 1 is 1.04 bits per heavy atom. The van der Waals surface area contributed by atoms with Gasteiger partial charge in [0, 0.05) is 36.4 Å². The highest BCUT2D eigenvalue weighted by Crippen LogP contribution is 2.28. The molecule has 0 fully saturated rings. The number of hydrogen-bond acceptors (Lipinski definition) is 4. The van der Waals surface area contributed by atoms with Gasteiger partial charge in [-0.2, -0.15) is 0 Å². The fraction of sp³-hybridized carbons (Fsp3) is 0.136. The first-order valence-corrected chi connectivity index (χ1v) is 8.96. The fourth-order valence-corrected chi connectivity index (χ4v) is 3.29. The number of nitrogens with one attached hydrogen (secondary N) is 1. The number of carbonyl (C=O) groups is 2. The van der Waals surface area contributed by atoms with Gasteiger partial charge >= 0.3 is 0 Å². The standard InChI is InChI=1S/C22H19N3O3/c1-28-19-7-4-6-18(12-19)24-21(26)16-11-17(14-23-13-16)22(27)25-10-9-15-5-2-3-8-20(15)25/h2-8,11-14H,9-10H2,1H3,(H,24,26). The molecule has 1 aromatic heterocycles. The summed E-state index contributed by atoms with van der Waals surface area (Å²) in [6, 6.07) is 16.5. The lowest BCUT2D eigenvalue weighted by Gasteiger charge is -2.17. The van der Waals surface area contributed by atoms with E-state index >= 15 is 0 Å². The van der Waals surface area contributed by atoms with Crippen molar-refractivity contribution in [2.45, 2.75) is 6.42 Å². The molecule has 2 heterocycles. The Morgan fingerprint density at radius 3 is 2.71 bits per heavy atom. The van der Waals surface area contributed by atoms with E-state index in [2.05, 4.69) is 10.3 Å². The molecule has 0 bridgehead atoms. The molecule has 1 aliphatic rings. The molecule has 0 unspecified atom stereocenters. The van der Waals surface area contributed by atoms with Gasteiger partial charge in [0.2, 0.25) is 0 Å². The van der Waals surface area contributed by atoms with E-state index in [1.54, 1.807) is 42.3 Å². The fourth-order valence-electron chi connectivity index (χ4n) is 3.29. The van der Waals surface area contributed by atoms with E-state index in [4.69, 9.17) is 4.74 Å². The van der Waals surface area contributed by atoms with Crippen LogP contribution in [0.1, 0.15) is 26.3 Å². The van der Waals surface area contributed by atoms with Gasteiger partial charge < -0.3 is 15.0 Å². The number of pyridine rings is 1. The number of anilines is 2. The van der Waals surface area contributed by atoms with E-state index in [9.17, 15) is 9.59 Å². The quantitative estimate of drug-likeness (QED) is 0.759.